The van der Waals surface area contributed by atoms with Crippen molar-refractivity contribution in [1.82, 2.24) is 9.97 Å². The van der Waals surface area contributed by atoms with Gasteiger partial charge in [0.1, 0.15) is 5.56 Å². The molecule has 0 unspecified atom stereocenters. The van der Waals surface area contributed by atoms with Crippen LogP contribution in [0.3, 0.4) is 0 Å². The highest BCUT2D eigenvalue weighted by Gasteiger charge is 2.18. The van der Waals surface area contributed by atoms with Crippen LogP contribution in [-0.4, -0.2) is 15.9 Å². The van der Waals surface area contributed by atoms with Crippen LogP contribution in [0.5, 0.6) is 0 Å². The molecule has 0 aromatic carbocycles. The van der Waals surface area contributed by atoms with Gasteiger partial charge in [-0.2, -0.15) is 0 Å². The first-order chi connectivity index (χ1) is 10.5. The third-order valence-electron chi connectivity index (χ3n) is 3.91. The third-order valence-corrected chi connectivity index (χ3v) is 4.98. The summed E-state index contributed by atoms with van der Waals surface area (Å²) in [7, 11) is 0. The van der Waals surface area contributed by atoms with E-state index in [0.29, 0.717) is 10.7 Å². The number of aromatic nitrogens is 2. The Kier molecular flexibility index (Phi) is 4.11. The maximum atomic E-state index is 12.4. The zero-order valence-electron chi connectivity index (χ0n) is 12.8. The lowest BCUT2D eigenvalue weighted by atomic mass is 10.1. The van der Waals surface area contributed by atoms with Gasteiger partial charge in [-0.3, -0.25) is 14.9 Å². The van der Waals surface area contributed by atoms with Gasteiger partial charge in [0.25, 0.3) is 11.5 Å². The summed E-state index contributed by atoms with van der Waals surface area (Å²) in [6, 6.07) is 1.80. The van der Waals surface area contributed by atoms with Gasteiger partial charge in [-0.15, -0.1) is 11.3 Å². The fraction of sp³-hybridized carbons (Fsp3) is 0.438. The molecule has 6 heteroatoms. The van der Waals surface area contributed by atoms with Crippen molar-refractivity contribution in [2.45, 2.75) is 46.0 Å². The predicted octanol–water partition coefficient (Wildman–Crippen LogP) is 2.97. The lowest BCUT2D eigenvalue weighted by Crippen LogP contribution is -2.25. The Hall–Kier alpha value is -1.95. The Morgan fingerprint density at radius 3 is 2.82 bits per heavy atom. The van der Waals surface area contributed by atoms with Crippen LogP contribution in [0.2, 0.25) is 0 Å². The first kappa shape index (κ1) is 15.0. The number of aromatic amines is 1. The van der Waals surface area contributed by atoms with E-state index in [1.165, 1.54) is 29.1 Å². The summed E-state index contributed by atoms with van der Waals surface area (Å²) in [5.41, 5.74) is 2.34. The van der Waals surface area contributed by atoms with Crippen LogP contribution in [0.4, 0.5) is 5.13 Å². The lowest BCUT2D eigenvalue weighted by molar-refractivity contribution is 0.102. The number of nitrogens with one attached hydrogen (secondary N) is 2. The Labute approximate surface area is 132 Å². The molecular weight excluding hydrogens is 298 g/mol. The molecule has 2 aromatic rings. The molecule has 0 saturated carbocycles. The van der Waals surface area contributed by atoms with Crippen LogP contribution in [0.15, 0.2) is 10.9 Å². The number of fused-ring (bicyclic) bond motifs is 1. The summed E-state index contributed by atoms with van der Waals surface area (Å²) in [6.07, 6.45) is 5.59. The molecule has 1 aliphatic rings. The molecule has 22 heavy (non-hydrogen) atoms. The topological polar surface area (TPSA) is 74.8 Å². The van der Waals surface area contributed by atoms with Gasteiger partial charge in [0.05, 0.1) is 5.69 Å². The second-order valence-corrected chi connectivity index (χ2v) is 6.83. The molecular formula is C16H19N3O2S. The normalized spacial score (nSPS) is 14.3. The first-order valence-corrected chi connectivity index (χ1v) is 8.36. The minimum atomic E-state index is -0.386. The molecule has 2 N–H and O–H groups in total. The smallest absolute Gasteiger partial charge is 0.263 e. The average molecular weight is 317 g/mol. The van der Waals surface area contributed by atoms with E-state index in [0.717, 1.165) is 30.7 Å². The highest BCUT2D eigenvalue weighted by Crippen LogP contribution is 2.29. The van der Waals surface area contributed by atoms with Crippen LogP contribution in [0.25, 0.3) is 0 Å². The molecule has 0 aliphatic heterocycles. The van der Waals surface area contributed by atoms with E-state index in [1.807, 2.05) is 0 Å². The standard InChI is InChI=1S/C16H19N3O2S/c1-9-8-10(2)17-14(20)13(9)15(21)19-16-18-11-6-4-3-5-7-12(11)22-16/h8H,3-7H2,1-2H3,(H,17,20)(H,18,19,21). The number of aryl methyl sites for hydroxylation is 4. The molecule has 0 radical (unpaired) electrons. The lowest BCUT2D eigenvalue weighted by Gasteiger charge is -2.05. The number of H-pyrrole nitrogens is 1. The predicted molar refractivity (Wildman–Crippen MR) is 87.9 cm³/mol. The van der Waals surface area contributed by atoms with E-state index < -0.39 is 0 Å². The Balaban J connectivity index is 1.85. The Morgan fingerprint density at radius 1 is 1.27 bits per heavy atom. The summed E-state index contributed by atoms with van der Waals surface area (Å²) in [5.74, 6) is -0.386. The molecule has 1 amide bonds. The molecule has 2 aromatic heterocycles. The number of carbonyl (C=O) groups is 1. The number of thiazole rings is 1. The van der Waals surface area contributed by atoms with Gasteiger partial charge in [0.15, 0.2) is 5.13 Å². The summed E-state index contributed by atoms with van der Waals surface area (Å²) in [4.78, 5) is 32.8. The monoisotopic (exact) mass is 317 g/mol. The van der Waals surface area contributed by atoms with Crippen molar-refractivity contribution < 1.29 is 4.79 Å². The highest BCUT2D eigenvalue weighted by atomic mass is 32.1. The van der Waals surface area contributed by atoms with Crippen LogP contribution in [0, 0.1) is 13.8 Å². The van der Waals surface area contributed by atoms with E-state index in [-0.39, 0.29) is 17.0 Å². The van der Waals surface area contributed by atoms with Gasteiger partial charge in [-0.25, -0.2) is 4.98 Å². The van der Waals surface area contributed by atoms with Crippen molar-refractivity contribution >= 4 is 22.4 Å². The molecule has 0 fully saturated rings. The number of amides is 1. The molecule has 2 heterocycles. The van der Waals surface area contributed by atoms with Crippen molar-refractivity contribution in [3.8, 4) is 0 Å². The highest BCUT2D eigenvalue weighted by molar-refractivity contribution is 7.15. The summed E-state index contributed by atoms with van der Waals surface area (Å²) in [6.45, 7) is 3.57. The minimum Gasteiger partial charge on any atom is -0.326 e. The van der Waals surface area contributed by atoms with Gasteiger partial charge < -0.3 is 4.98 Å². The van der Waals surface area contributed by atoms with Gasteiger partial charge >= 0.3 is 0 Å². The van der Waals surface area contributed by atoms with E-state index >= 15 is 0 Å². The molecule has 1 aliphatic carbocycles. The first-order valence-electron chi connectivity index (χ1n) is 7.55. The number of hydrogen-bond donors (Lipinski definition) is 2. The number of nitrogens with zero attached hydrogens (tertiary/aromatic N) is 1. The molecule has 0 saturated heterocycles. The zero-order chi connectivity index (χ0) is 15.7. The number of carbonyl (C=O) groups excluding carboxylic acids is 1. The van der Waals surface area contributed by atoms with E-state index in [1.54, 1.807) is 19.9 Å². The van der Waals surface area contributed by atoms with E-state index in [2.05, 4.69) is 15.3 Å². The van der Waals surface area contributed by atoms with Gasteiger partial charge in [0.2, 0.25) is 0 Å². The van der Waals surface area contributed by atoms with Crippen LogP contribution in [0.1, 0.15) is 51.4 Å². The van der Waals surface area contributed by atoms with Crippen molar-refractivity contribution in [2.75, 3.05) is 5.32 Å². The second-order valence-electron chi connectivity index (χ2n) is 5.74. The Morgan fingerprint density at radius 2 is 2.05 bits per heavy atom. The van der Waals surface area contributed by atoms with Crippen LogP contribution in [-0.2, 0) is 12.8 Å². The number of hydrogen-bond acceptors (Lipinski definition) is 4. The zero-order valence-corrected chi connectivity index (χ0v) is 13.6. The number of rotatable bonds is 2. The molecule has 3 rings (SSSR count). The van der Waals surface area contributed by atoms with Gasteiger partial charge in [-0.05, 0) is 51.2 Å². The fourth-order valence-corrected chi connectivity index (χ4v) is 3.92. The largest absolute Gasteiger partial charge is 0.326 e. The number of anilines is 1. The SMILES string of the molecule is Cc1cc(C)c(C(=O)Nc2nc3c(s2)CCCCC3)c(=O)[nH]1. The molecule has 0 atom stereocenters. The van der Waals surface area contributed by atoms with Crippen molar-refractivity contribution in [3.63, 3.8) is 0 Å². The minimum absolute atomic E-state index is 0.163. The maximum Gasteiger partial charge on any atom is 0.263 e. The van der Waals surface area contributed by atoms with Crippen molar-refractivity contribution in [3.05, 3.63) is 43.8 Å². The summed E-state index contributed by atoms with van der Waals surface area (Å²) >= 11 is 1.53. The van der Waals surface area contributed by atoms with Crippen molar-refractivity contribution in [1.29, 1.82) is 0 Å². The van der Waals surface area contributed by atoms with Gasteiger partial charge in [-0.1, -0.05) is 6.42 Å². The molecule has 0 bridgehead atoms. The maximum absolute atomic E-state index is 12.4. The quantitative estimate of drug-likeness (QED) is 0.836. The summed E-state index contributed by atoms with van der Waals surface area (Å²) in [5, 5.41) is 3.38. The van der Waals surface area contributed by atoms with Gasteiger partial charge in [0, 0.05) is 10.6 Å². The average Bonchev–Trinajstić information content (AvgIpc) is 2.66. The molecule has 5 nitrogen and oxygen atoms in total. The van der Waals surface area contributed by atoms with Crippen LogP contribution < -0.4 is 10.9 Å². The van der Waals surface area contributed by atoms with Crippen molar-refractivity contribution in [2.24, 2.45) is 0 Å². The Bertz CT molecular complexity index is 753. The molecule has 0 spiro atoms. The molecule has 116 valence electrons. The van der Waals surface area contributed by atoms with E-state index in [4.69, 9.17) is 0 Å². The third kappa shape index (κ3) is 2.97. The summed E-state index contributed by atoms with van der Waals surface area (Å²) < 4.78 is 0. The van der Waals surface area contributed by atoms with Crippen LogP contribution >= 0.6 is 11.3 Å². The fourth-order valence-electron chi connectivity index (χ4n) is 2.88. The number of pyridine rings is 1. The van der Waals surface area contributed by atoms with E-state index in [9.17, 15) is 9.59 Å². The second kappa shape index (κ2) is 6.04.